The summed E-state index contributed by atoms with van der Waals surface area (Å²) < 4.78 is 38.9. The van der Waals surface area contributed by atoms with E-state index >= 15 is 0 Å². The number of nitrogens with one attached hydrogen (secondary N) is 2. The van der Waals surface area contributed by atoms with Gasteiger partial charge in [-0.15, -0.1) is 0 Å². The Hall–Kier alpha value is -1.56. The molecule has 21 heavy (non-hydrogen) atoms. The third-order valence-electron chi connectivity index (χ3n) is 3.84. The summed E-state index contributed by atoms with van der Waals surface area (Å²) in [6.07, 6.45) is -1.56. The molecule has 1 saturated heterocycles. The van der Waals surface area contributed by atoms with Crippen LogP contribution in [0.3, 0.4) is 0 Å². The Labute approximate surface area is 121 Å². The number of rotatable bonds is 4. The van der Waals surface area contributed by atoms with Gasteiger partial charge in [0.2, 0.25) is 5.91 Å². The van der Waals surface area contributed by atoms with Crippen LogP contribution in [0.2, 0.25) is 0 Å². The lowest BCUT2D eigenvalue weighted by atomic mass is 9.90. The van der Waals surface area contributed by atoms with Gasteiger partial charge in [-0.25, -0.2) is 0 Å². The summed E-state index contributed by atoms with van der Waals surface area (Å²) in [5.74, 6) is -0.376. The number of alkyl halides is 3. The van der Waals surface area contributed by atoms with Gasteiger partial charge in [0.25, 0.3) is 0 Å². The second-order valence-electron chi connectivity index (χ2n) is 5.36. The molecule has 0 aliphatic carbocycles. The van der Waals surface area contributed by atoms with E-state index in [0.29, 0.717) is 19.4 Å². The molecule has 1 heterocycles. The van der Waals surface area contributed by atoms with Gasteiger partial charge in [0.1, 0.15) is 0 Å². The van der Waals surface area contributed by atoms with Crippen LogP contribution in [0.4, 0.5) is 18.9 Å². The predicted molar refractivity (Wildman–Crippen MR) is 74.9 cm³/mol. The summed E-state index contributed by atoms with van der Waals surface area (Å²) in [7, 11) is 0. The number of carbonyl (C=O) groups is 1. The van der Waals surface area contributed by atoms with Gasteiger partial charge in [0.15, 0.2) is 0 Å². The average molecular weight is 300 g/mol. The molecule has 6 heteroatoms. The summed E-state index contributed by atoms with van der Waals surface area (Å²) in [6, 6.07) is 5.06. The molecule has 1 aromatic rings. The van der Waals surface area contributed by atoms with Crippen molar-refractivity contribution in [1.82, 2.24) is 5.32 Å². The third kappa shape index (κ3) is 3.37. The van der Waals surface area contributed by atoms with Gasteiger partial charge >= 0.3 is 6.18 Å². The smallest absolute Gasteiger partial charge is 0.324 e. The van der Waals surface area contributed by atoms with E-state index in [-0.39, 0.29) is 11.6 Å². The second-order valence-corrected chi connectivity index (χ2v) is 5.36. The number of anilines is 1. The summed E-state index contributed by atoms with van der Waals surface area (Å²) in [6.45, 7) is 2.67. The molecular weight excluding hydrogens is 281 g/mol. The number of benzene rings is 1. The minimum absolute atomic E-state index is 0.181. The van der Waals surface area contributed by atoms with Crippen LogP contribution < -0.4 is 10.6 Å². The second kappa shape index (κ2) is 6.05. The first-order valence-corrected chi connectivity index (χ1v) is 7.12. The maximum atomic E-state index is 13.0. The number of amides is 1. The quantitative estimate of drug-likeness (QED) is 0.892. The molecular formula is C15H19F3N2O. The zero-order valence-corrected chi connectivity index (χ0v) is 11.9. The molecule has 0 spiro atoms. The van der Waals surface area contributed by atoms with E-state index in [9.17, 15) is 18.0 Å². The van der Waals surface area contributed by atoms with Crippen LogP contribution in [0.1, 0.15) is 38.2 Å². The largest absolute Gasteiger partial charge is 0.418 e. The highest BCUT2D eigenvalue weighted by Gasteiger charge is 2.41. The van der Waals surface area contributed by atoms with Crippen LogP contribution in [-0.2, 0) is 11.0 Å². The highest BCUT2D eigenvalue weighted by atomic mass is 19.4. The van der Waals surface area contributed by atoms with Crippen molar-refractivity contribution in [3.63, 3.8) is 0 Å². The monoisotopic (exact) mass is 300 g/mol. The van der Waals surface area contributed by atoms with Crippen LogP contribution in [0, 0.1) is 0 Å². The van der Waals surface area contributed by atoms with Crippen LogP contribution in [0.5, 0.6) is 0 Å². The van der Waals surface area contributed by atoms with Gasteiger partial charge in [-0.1, -0.05) is 25.5 Å². The molecule has 0 saturated carbocycles. The summed E-state index contributed by atoms with van der Waals surface area (Å²) in [5, 5.41) is 5.62. The molecule has 116 valence electrons. The normalized spacial score (nSPS) is 22.3. The average Bonchev–Trinajstić information content (AvgIpc) is 2.88. The van der Waals surface area contributed by atoms with Gasteiger partial charge in [-0.3, -0.25) is 4.79 Å². The standard InChI is InChI=1S/C15H19F3N2O/c1-2-8-14(9-5-10-19-14)13(21)20-12-7-4-3-6-11(12)15(16,17)18/h3-4,6-7,19H,2,5,8-10H2,1H3,(H,20,21). The van der Waals surface area contributed by atoms with E-state index < -0.39 is 17.3 Å². The lowest BCUT2D eigenvalue weighted by molar-refractivity contribution is -0.137. The Morgan fingerprint density at radius 2 is 2.10 bits per heavy atom. The minimum Gasteiger partial charge on any atom is -0.324 e. The summed E-state index contributed by atoms with van der Waals surface area (Å²) in [4.78, 5) is 12.5. The maximum Gasteiger partial charge on any atom is 0.418 e. The van der Waals surface area contributed by atoms with Crippen LogP contribution in [0.15, 0.2) is 24.3 Å². The van der Waals surface area contributed by atoms with Gasteiger partial charge in [0, 0.05) is 0 Å². The summed E-state index contributed by atoms with van der Waals surface area (Å²) >= 11 is 0. The predicted octanol–water partition coefficient (Wildman–Crippen LogP) is 3.57. The lowest BCUT2D eigenvalue weighted by Gasteiger charge is -2.28. The molecule has 1 aliphatic rings. The van der Waals surface area contributed by atoms with E-state index in [0.717, 1.165) is 18.9 Å². The van der Waals surface area contributed by atoms with Crippen molar-refractivity contribution in [1.29, 1.82) is 0 Å². The van der Waals surface area contributed by atoms with Crippen molar-refractivity contribution in [2.24, 2.45) is 0 Å². The molecule has 0 bridgehead atoms. The van der Waals surface area contributed by atoms with Crippen molar-refractivity contribution >= 4 is 11.6 Å². The topological polar surface area (TPSA) is 41.1 Å². The SMILES string of the molecule is CCCC1(C(=O)Nc2ccccc2C(F)(F)F)CCCN1. The first-order chi connectivity index (χ1) is 9.89. The Bertz CT molecular complexity index is 508. The molecule has 1 aliphatic heterocycles. The van der Waals surface area contributed by atoms with Crippen molar-refractivity contribution in [3.05, 3.63) is 29.8 Å². The molecule has 1 unspecified atom stereocenters. The number of carbonyl (C=O) groups excluding carboxylic acids is 1. The van der Waals surface area contributed by atoms with Crippen molar-refractivity contribution < 1.29 is 18.0 Å². The summed E-state index contributed by atoms with van der Waals surface area (Å²) in [5.41, 5.74) is -1.74. The highest BCUT2D eigenvalue weighted by Crippen LogP contribution is 2.35. The Morgan fingerprint density at radius 1 is 1.38 bits per heavy atom. The van der Waals surface area contributed by atoms with E-state index in [1.165, 1.54) is 18.2 Å². The fraction of sp³-hybridized carbons (Fsp3) is 0.533. The fourth-order valence-corrected chi connectivity index (χ4v) is 2.83. The minimum atomic E-state index is -4.48. The van der Waals surface area contributed by atoms with E-state index in [1.54, 1.807) is 0 Å². The Balaban J connectivity index is 2.23. The van der Waals surface area contributed by atoms with Gasteiger partial charge in [-0.05, 0) is 37.9 Å². The number of hydrogen-bond acceptors (Lipinski definition) is 2. The molecule has 0 aromatic heterocycles. The van der Waals surface area contributed by atoms with Crippen molar-refractivity contribution in [3.8, 4) is 0 Å². The maximum absolute atomic E-state index is 13.0. The van der Waals surface area contributed by atoms with Crippen molar-refractivity contribution in [2.45, 2.75) is 44.3 Å². The molecule has 2 rings (SSSR count). The van der Waals surface area contributed by atoms with E-state index in [2.05, 4.69) is 10.6 Å². The fourth-order valence-electron chi connectivity index (χ4n) is 2.83. The first-order valence-electron chi connectivity index (χ1n) is 7.12. The van der Waals surface area contributed by atoms with Crippen LogP contribution in [0.25, 0.3) is 0 Å². The molecule has 1 amide bonds. The number of hydrogen-bond donors (Lipinski definition) is 2. The zero-order valence-electron chi connectivity index (χ0n) is 11.9. The van der Waals surface area contributed by atoms with Gasteiger partial charge in [0.05, 0.1) is 16.8 Å². The van der Waals surface area contributed by atoms with Crippen LogP contribution >= 0.6 is 0 Å². The molecule has 1 aromatic carbocycles. The third-order valence-corrected chi connectivity index (χ3v) is 3.84. The molecule has 2 N–H and O–H groups in total. The van der Waals surface area contributed by atoms with Crippen molar-refractivity contribution in [2.75, 3.05) is 11.9 Å². The van der Waals surface area contributed by atoms with E-state index in [1.807, 2.05) is 6.92 Å². The Kier molecular flexibility index (Phi) is 4.56. The van der Waals surface area contributed by atoms with Gasteiger partial charge < -0.3 is 10.6 Å². The van der Waals surface area contributed by atoms with E-state index in [4.69, 9.17) is 0 Å². The molecule has 1 fully saturated rings. The molecule has 3 nitrogen and oxygen atoms in total. The molecule has 1 atom stereocenters. The zero-order chi connectivity index (χ0) is 15.5. The van der Waals surface area contributed by atoms with Gasteiger partial charge in [-0.2, -0.15) is 13.2 Å². The highest BCUT2D eigenvalue weighted by molar-refractivity contribution is 5.99. The molecule has 0 radical (unpaired) electrons. The first kappa shape index (κ1) is 15.8. The number of halogens is 3. The Morgan fingerprint density at radius 3 is 2.67 bits per heavy atom. The lowest BCUT2D eigenvalue weighted by Crippen LogP contribution is -2.50. The number of para-hydroxylation sites is 1. The van der Waals surface area contributed by atoms with Crippen LogP contribution in [-0.4, -0.2) is 18.0 Å².